The van der Waals surface area contributed by atoms with Crippen LogP contribution in [-0.4, -0.2) is 0 Å². The average molecular weight is 91.1 g/mol. The van der Waals surface area contributed by atoms with Crippen molar-refractivity contribution in [2.24, 2.45) is 0 Å². The zero-order valence-electron chi connectivity index (χ0n) is 3.81. The van der Waals surface area contributed by atoms with Crippen LogP contribution in [-0.2, 0) is 0 Å². The van der Waals surface area contributed by atoms with E-state index in [1.165, 1.54) is 0 Å². The van der Waals surface area contributed by atoms with Gasteiger partial charge in [0.05, 0.1) is 0 Å². The summed E-state index contributed by atoms with van der Waals surface area (Å²) in [6, 6.07) is 0. The van der Waals surface area contributed by atoms with Gasteiger partial charge in [-0.1, -0.05) is 6.08 Å². The summed E-state index contributed by atoms with van der Waals surface area (Å²) in [7, 11) is 0. The van der Waals surface area contributed by atoms with Crippen LogP contribution < -0.4 is 5.32 Å². The molecule has 2 radical (unpaired) electrons. The molecule has 0 aromatic carbocycles. The Morgan fingerprint density at radius 2 is 2.29 bits per heavy atom. The lowest BCUT2D eigenvalue weighted by molar-refractivity contribution is 1.19. The van der Waals surface area contributed by atoms with E-state index in [9.17, 15) is 0 Å². The van der Waals surface area contributed by atoms with Gasteiger partial charge in [-0.05, 0) is 12.2 Å². The summed E-state index contributed by atoms with van der Waals surface area (Å²) >= 11 is 0. The van der Waals surface area contributed by atoms with Crippen LogP contribution >= 0.6 is 0 Å². The molecular weight excluding hydrogens is 86.1 g/mol. The maximum atomic E-state index is 2.84. The molecule has 1 aliphatic rings. The third kappa shape index (κ3) is 1.26. The van der Waals surface area contributed by atoms with Crippen LogP contribution in [0.5, 0.6) is 0 Å². The minimum absolute atomic E-state index is 1.69. The van der Waals surface area contributed by atoms with Gasteiger partial charge in [-0.3, -0.25) is 0 Å². The van der Waals surface area contributed by atoms with E-state index in [2.05, 4.69) is 17.5 Å². The Morgan fingerprint density at radius 1 is 1.29 bits per heavy atom. The first-order chi connectivity index (χ1) is 3.50. The van der Waals surface area contributed by atoms with Crippen molar-refractivity contribution in [2.75, 3.05) is 0 Å². The topological polar surface area (TPSA) is 12.0 Å². The Hall–Kier alpha value is -0.980. The molecule has 0 atom stereocenters. The van der Waals surface area contributed by atoms with E-state index in [1.807, 2.05) is 12.3 Å². The molecule has 0 amide bonds. The van der Waals surface area contributed by atoms with Crippen LogP contribution in [0.15, 0.2) is 24.6 Å². The van der Waals surface area contributed by atoms with Crippen LogP contribution in [0.2, 0.25) is 0 Å². The maximum Gasteiger partial charge on any atom is 0.00906 e. The zero-order valence-corrected chi connectivity index (χ0v) is 3.81. The molecule has 7 heavy (non-hydrogen) atoms. The van der Waals surface area contributed by atoms with Gasteiger partial charge >= 0.3 is 0 Å². The molecular formula is C6H5N. The molecule has 1 N–H and O–H groups in total. The van der Waals surface area contributed by atoms with Crippen molar-refractivity contribution >= 4 is 0 Å². The molecule has 0 aromatic heterocycles. The van der Waals surface area contributed by atoms with Crippen molar-refractivity contribution in [2.45, 2.75) is 0 Å². The Bertz CT molecular complexity index is 106. The standard InChI is InChI=1S/C6H5N/c1-2-4-6-7-5-3-1/h1,3,5-7H. The summed E-state index contributed by atoms with van der Waals surface area (Å²) in [5, 5.41) is 2.84. The second kappa shape index (κ2) is 2.24. The first-order valence-corrected chi connectivity index (χ1v) is 2.07. The van der Waals surface area contributed by atoms with Gasteiger partial charge in [0, 0.05) is 18.5 Å². The summed E-state index contributed by atoms with van der Waals surface area (Å²) in [5.74, 6) is 0. The lowest BCUT2D eigenvalue weighted by atomic mass is 10.5. The molecule has 0 fully saturated rings. The van der Waals surface area contributed by atoms with Crippen molar-refractivity contribution in [3.63, 3.8) is 0 Å². The van der Waals surface area contributed by atoms with Gasteiger partial charge < -0.3 is 5.32 Å². The van der Waals surface area contributed by atoms with Crippen LogP contribution in [0.4, 0.5) is 0 Å². The Morgan fingerprint density at radius 3 is 3.29 bits per heavy atom. The highest BCUT2D eigenvalue weighted by Gasteiger charge is 1.69. The van der Waals surface area contributed by atoms with E-state index in [-0.39, 0.29) is 0 Å². The minimum atomic E-state index is 1.69. The molecule has 0 saturated heterocycles. The number of hydrogen-bond acceptors (Lipinski definition) is 1. The van der Waals surface area contributed by atoms with Crippen molar-refractivity contribution < 1.29 is 0 Å². The molecule has 0 aromatic rings. The molecule has 1 heteroatoms. The van der Waals surface area contributed by atoms with E-state index in [0.29, 0.717) is 0 Å². The monoisotopic (exact) mass is 91.0 g/mol. The summed E-state index contributed by atoms with van der Waals surface area (Å²) in [5.41, 5.74) is 0. The molecule has 1 heterocycles. The quantitative estimate of drug-likeness (QED) is 0.464. The fourth-order valence-electron chi connectivity index (χ4n) is 0.331. The van der Waals surface area contributed by atoms with Crippen molar-refractivity contribution in [1.29, 1.82) is 0 Å². The number of allylic oxidation sites excluding steroid dienone is 4. The second-order valence-electron chi connectivity index (χ2n) is 1.13. The third-order valence-corrected chi connectivity index (χ3v) is 0.611. The van der Waals surface area contributed by atoms with E-state index < -0.39 is 0 Å². The summed E-state index contributed by atoms with van der Waals surface area (Å²) in [6.07, 6.45) is 12.7. The lowest BCUT2D eigenvalue weighted by Gasteiger charge is -1.78. The molecule has 1 nitrogen and oxygen atoms in total. The Kier molecular flexibility index (Phi) is 1.34. The fourth-order valence-corrected chi connectivity index (χ4v) is 0.331. The highest BCUT2D eigenvalue weighted by Crippen LogP contribution is 1.78. The second-order valence-corrected chi connectivity index (χ2v) is 1.13. The molecule has 1 aliphatic heterocycles. The molecule has 1 rings (SSSR count). The van der Waals surface area contributed by atoms with Crippen LogP contribution in [0.3, 0.4) is 0 Å². The van der Waals surface area contributed by atoms with E-state index >= 15 is 0 Å². The molecule has 0 spiro atoms. The highest BCUT2D eigenvalue weighted by atomic mass is 14.8. The molecule has 0 bridgehead atoms. The maximum absolute atomic E-state index is 2.84. The fraction of sp³-hybridized carbons (Fsp3) is 0. The highest BCUT2D eigenvalue weighted by molar-refractivity contribution is 5.06. The van der Waals surface area contributed by atoms with Gasteiger partial charge in [0.15, 0.2) is 0 Å². The van der Waals surface area contributed by atoms with E-state index in [1.54, 1.807) is 12.3 Å². The molecule has 0 saturated carbocycles. The predicted octanol–water partition coefficient (Wildman–Crippen LogP) is 0.780. The van der Waals surface area contributed by atoms with Gasteiger partial charge in [-0.15, -0.1) is 0 Å². The van der Waals surface area contributed by atoms with Gasteiger partial charge in [-0.2, -0.15) is 0 Å². The largest absolute Gasteiger partial charge is 0.367 e. The van der Waals surface area contributed by atoms with Gasteiger partial charge in [-0.25, -0.2) is 0 Å². The van der Waals surface area contributed by atoms with E-state index in [0.717, 1.165) is 0 Å². The van der Waals surface area contributed by atoms with E-state index in [4.69, 9.17) is 0 Å². The van der Waals surface area contributed by atoms with Crippen LogP contribution in [0.25, 0.3) is 0 Å². The van der Waals surface area contributed by atoms with Crippen molar-refractivity contribution in [3.05, 3.63) is 36.7 Å². The molecule has 0 aliphatic carbocycles. The van der Waals surface area contributed by atoms with Crippen LogP contribution in [0.1, 0.15) is 0 Å². The zero-order chi connectivity index (χ0) is 4.95. The Balaban J connectivity index is 2.60. The minimum Gasteiger partial charge on any atom is -0.367 e. The van der Waals surface area contributed by atoms with Gasteiger partial charge in [0.25, 0.3) is 0 Å². The summed E-state index contributed by atoms with van der Waals surface area (Å²) in [4.78, 5) is 0. The normalized spacial score (nSPS) is 16.0. The van der Waals surface area contributed by atoms with Crippen molar-refractivity contribution in [1.82, 2.24) is 5.32 Å². The smallest absolute Gasteiger partial charge is 0.00906 e. The SMILES string of the molecule is [C]1=CC=CNC=[C]1. The number of nitrogens with one attached hydrogen (secondary N) is 1. The van der Waals surface area contributed by atoms with Crippen LogP contribution in [0, 0.1) is 12.2 Å². The first-order valence-electron chi connectivity index (χ1n) is 2.07. The lowest BCUT2D eigenvalue weighted by Crippen LogP contribution is -1.87. The van der Waals surface area contributed by atoms with Gasteiger partial charge in [0.2, 0.25) is 0 Å². The molecule has 34 valence electrons. The predicted molar refractivity (Wildman–Crippen MR) is 27.9 cm³/mol. The van der Waals surface area contributed by atoms with Gasteiger partial charge in [0.1, 0.15) is 0 Å². The van der Waals surface area contributed by atoms with Crippen molar-refractivity contribution in [3.8, 4) is 0 Å². The summed E-state index contributed by atoms with van der Waals surface area (Å²) in [6.45, 7) is 0. The third-order valence-electron chi connectivity index (χ3n) is 0.611. The number of rotatable bonds is 0. The molecule has 0 unspecified atom stereocenters. The first kappa shape index (κ1) is 4.19. The number of hydrogen-bond donors (Lipinski definition) is 1. The average Bonchev–Trinajstić information content (AvgIpc) is 1.90. The Labute approximate surface area is 43.0 Å². The summed E-state index contributed by atoms with van der Waals surface area (Å²) < 4.78 is 0.